The number of rotatable bonds is 3. The first-order valence-electron chi connectivity index (χ1n) is 7.27. The van der Waals surface area contributed by atoms with Crippen LogP contribution in [-0.4, -0.2) is 34.8 Å². The largest absolute Gasteiger partial charge is 0.481 e. The van der Waals surface area contributed by atoms with Crippen LogP contribution in [0.2, 0.25) is 0 Å². The van der Waals surface area contributed by atoms with Crippen LogP contribution in [0, 0.1) is 0 Å². The van der Waals surface area contributed by atoms with Crippen molar-refractivity contribution < 1.29 is 14.3 Å². The number of amides is 2. The van der Waals surface area contributed by atoms with E-state index in [0.717, 1.165) is 11.1 Å². The summed E-state index contributed by atoms with van der Waals surface area (Å²) in [7, 11) is 1.51. The van der Waals surface area contributed by atoms with Crippen LogP contribution < -0.4 is 10.5 Å². The zero-order valence-corrected chi connectivity index (χ0v) is 12.7. The first-order chi connectivity index (χ1) is 11.1. The number of hydrogen-bond acceptors (Lipinski definition) is 4. The molecule has 2 amide bonds. The molecule has 2 N–H and O–H groups in total. The quantitative estimate of drug-likeness (QED) is 0.921. The highest BCUT2D eigenvalue weighted by Crippen LogP contribution is 2.25. The average molecular weight is 311 g/mol. The van der Waals surface area contributed by atoms with Crippen molar-refractivity contribution in [3.63, 3.8) is 0 Å². The Morgan fingerprint density at radius 1 is 1.22 bits per heavy atom. The van der Waals surface area contributed by atoms with E-state index in [1.165, 1.54) is 18.2 Å². The molecule has 0 fully saturated rings. The van der Waals surface area contributed by atoms with E-state index < -0.39 is 11.9 Å². The molecule has 0 unspecified atom stereocenters. The molecule has 0 spiro atoms. The standard InChI is InChI=1S/C17H17N3O3/c1-23-15-7-6-12(9-19-15)17(22)20-10-13-5-3-2-4-11(13)8-14(20)16(18)21/h2-7,9,14H,8,10H2,1H3,(H2,18,21)/t14-/m1/s1. The van der Waals surface area contributed by atoms with Gasteiger partial charge in [0.1, 0.15) is 6.04 Å². The summed E-state index contributed by atoms with van der Waals surface area (Å²) < 4.78 is 4.99. The van der Waals surface area contributed by atoms with Gasteiger partial charge in [-0.3, -0.25) is 9.59 Å². The number of carbonyl (C=O) groups excluding carboxylic acids is 2. The molecule has 6 heteroatoms. The first-order valence-corrected chi connectivity index (χ1v) is 7.27. The highest BCUT2D eigenvalue weighted by Gasteiger charge is 2.33. The second-order valence-corrected chi connectivity index (χ2v) is 5.41. The number of benzene rings is 1. The van der Waals surface area contributed by atoms with Crippen LogP contribution in [0.1, 0.15) is 21.5 Å². The fourth-order valence-electron chi connectivity index (χ4n) is 2.78. The van der Waals surface area contributed by atoms with Crippen LogP contribution in [0.15, 0.2) is 42.6 Å². The maximum absolute atomic E-state index is 12.8. The van der Waals surface area contributed by atoms with Crippen molar-refractivity contribution >= 4 is 11.8 Å². The SMILES string of the molecule is COc1ccc(C(=O)N2Cc3ccccc3C[C@@H]2C(N)=O)cn1. The Labute approximate surface area is 133 Å². The molecule has 1 aromatic carbocycles. The molecule has 1 aliphatic heterocycles. The number of fused-ring (bicyclic) bond motifs is 1. The van der Waals surface area contributed by atoms with Gasteiger partial charge in [0.15, 0.2) is 0 Å². The summed E-state index contributed by atoms with van der Waals surface area (Å²) in [6.45, 7) is 0.356. The average Bonchev–Trinajstić information content (AvgIpc) is 2.60. The lowest BCUT2D eigenvalue weighted by Crippen LogP contribution is -2.51. The number of carbonyl (C=O) groups is 2. The van der Waals surface area contributed by atoms with E-state index in [0.29, 0.717) is 24.4 Å². The zero-order chi connectivity index (χ0) is 16.4. The number of nitrogens with two attached hydrogens (primary N) is 1. The highest BCUT2D eigenvalue weighted by atomic mass is 16.5. The highest BCUT2D eigenvalue weighted by molar-refractivity contribution is 5.97. The van der Waals surface area contributed by atoms with Crippen LogP contribution in [-0.2, 0) is 17.8 Å². The number of ether oxygens (including phenoxy) is 1. The van der Waals surface area contributed by atoms with Crippen LogP contribution in [0.4, 0.5) is 0 Å². The van der Waals surface area contributed by atoms with E-state index in [2.05, 4.69) is 4.98 Å². The molecule has 1 aliphatic rings. The van der Waals surface area contributed by atoms with Gasteiger partial charge in [0.25, 0.3) is 5.91 Å². The summed E-state index contributed by atoms with van der Waals surface area (Å²) in [5.41, 5.74) is 7.98. The monoisotopic (exact) mass is 311 g/mol. The van der Waals surface area contributed by atoms with E-state index in [9.17, 15) is 9.59 Å². The number of pyridine rings is 1. The second-order valence-electron chi connectivity index (χ2n) is 5.41. The van der Waals surface area contributed by atoms with Crippen LogP contribution >= 0.6 is 0 Å². The Bertz CT molecular complexity index is 743. The van der Waals surface area contributed by atoms with Gasteiger partial charge >= 0.3 is 0 Å². The van der Waals surface area contributed by atoms with Gasteiger partial charge < -0.3 is 15.4 Å². The van der Waals surface area contributed by atoms with Crippen molar-refractivity contribution in [1.82, 2.24) is 9.88 Å². The summed E-state index contributed by atoms with van der Waals surface area (Å²) in [6, 6.07) is 10.3. The van der Waals surface area contributed by atoms with Gasteiger partial charge in [0.2, 0.25) is 11.8 Å². The molecular formula is C17H17N3O3. The minimum atomic E-state index is -0.653. The third-order valence-electron chi connectivity index (χ3n) is 4.03. The summed E-state index contributed by atoms with van der Waals surface area (Å²) in [5, 5.41) is 0. The lowest BCUT2D eigenvalue weighted by molar-refractivity contribution is -0.122. The Morgan fingerprint density at radius 3 is 2.57 bits per heavy atom. The maximum Gasteiger partial charge on any atom is 0.256 e. The fraction of sp³-hybridized carbons (Fsp3) is 0.235. The number of methoxy groups -OCH3 is 1. The van der Waals surface area contributed by atoms with Gasteiger partial charge in [-0.2, -0.15) is 0 Å². The van der Waals surface area contributed by atoms with Crippen molar-refractivity contribution in [2.24, 2.45) is 5.73 Å². The van der Waals surface area contributed by atoms with E-state index in [4.69, 9.17) is 10.5 Å². The number of aromatic nitrogens is 1. The van der Waals surface area contributed by atoms with Gasteiger partial charge in [-0.15, -0.1) is 0 Å². The normalized spacial score (nSPS) is 16.6. The minimum Gasteiger partial charge on any atom is -0.481 e. The van der Waals surface area contributed by atoms with Crippen molar-refractivity contribution in [1.29, 1.82) is 0 Å². The molecule has 6 nitrogen and oxygen atoms in total. The van der Waals surface area contributed by atoms with E-state index in [1.54, 1.807) is 12.1 Å². The zero-order valence-electron chi connectivity index (χ0n) is 12.7. The number of hydrogen-bond donors (Lipinski definition) is 1. The van der Waals surface area contributed by atoms with E-state index >= 15 is 0 Å². The molecule has 1 aromatic heterocycles. The molecule has 23 heavy (non-hydrogen) atoms. The van der Waals surface area contributed by atoms with Gasteiger partial charge in [-0.05, 0) is 17.2 Å². The fourth-order valence-corrected chi connectivity index (χ4v) is 2.78. The van der Waals surface area contributed by atoms with Crippen LogP contribution in [0.25, 0.3) is 0 Å². The first kappa shape index (κ1) is 15.0. The van der Waals surface area contributed by atoms with Gasteiger partial charge in [0.05, 0.1) is 12.7 Å². The molecule has 0 radical (unpaired) electrons. The summed E-state index contributed by atoms with van der Waals surface area (Å²) in [5.74, 6) is -0.343. The minimum absolute atomic E-state index is 0.265. The topological polar surface area (TPSA) is 85.5 Å². The Kier molecular flexibility index (Phi) is 3.97. The number of primary amides is 1. The summed E-state index contributed by atoms with van der Waals surface area (Å²) in [6.07, 6.45) is 1.88. The predicted molar refractivity (Wildman–Crippen MR) is 83.8 cm³/mol. The molecule has 0 saturated carbocycles. The molecule has 0 saturated heterocycles. The van der Waals surface area contributed by atoms with Crippen LogP contribution in [0.3, 0.4) is 0 Å². The van der Waals surface area contributed by atoms with Crippen LogP contribution in [0.5, 0.6) is 5.88 Å². The van der Waals surface area contributed by atoms with Crippen molar-refractivity contribution in [3.05, 3.63) is 59.3 Å². The van der Waals surface area contributed by atoms with Gasteiger partial charge in [-0.25, -0.2) is 4.98 Å². The molecule has 2 heterocycles. The van der Waals surface area contributed by atoms with Gasteiger partial charge in [0, 0.05) is 25.2 Å². The molecular weight excluding hydrogens is 294 g/mol. The Balaban J connectivity index is 1.92. The van der Waals surface area contributed by atoms with Gasteiger partial charge in [-0.1, -0.05) is 24.3 Å². The molecule has 1 atom stereocenters. The predicted octanol–water partition coefficient (Wildman–Crippen LogP) is 1.14. The van der Waals surface area contributed by atoms with E-state index in [-0.39, 0.29) is 5.91 Å². The summed E-state index contributed by atoms with van der Waals surface area (Å²) in [4.78, 5) is 30.1. The van der Waals surface area contributed by atoms with E-state index in [1.807, 2.05) is 24.3 Å². The van der Waals surface area contributed by atoms with Crippen molar-refractivity contribution in [2.45, 2.75) is 19.0 Å². The maximum atomic E-state index is 12.8. The smallest absolute Gasteiger partial charge is 0.256 e. The second kappa shape index (κ2) is 6.08. The third kappa shape index (κ3) is 2.88. The lowest BCUT2D eigenvalue weighted by Gasteiger charge is -2.35. The Hall–Kier alpha value is -2.89. The molecule has 0 aliphatic carbocycles. The number of nitrogens with zero attached hydrogens (tertiary/aromatic N) is 2. The molecule has 118 valence electrons. The van der Waals surface area contributed by atoms with Crippen molar-refractivity contribution in [3.8, 4) is 5.88 Å². The molecule has 0 bridgehead atoms. The van der Waals surface area contributed by atoms with Crippen molar-refractivity contribution in [2.75, 3.05) is 7.11 Å². The molecule has 3 rings (SSSR count). The third-order valence-corrected chi connectivity index (χ3v) is 4.03. The summed E-state index contributed by atoms with van der Waals surface area (Å²) >= 11 is 0. The Morgan fingerprint density at radius 2 is 1.96 bits per heavy atom. The molecule has 2 aromatic rings. The lowest BCUT2D eigenvalue weighted by atomic mass is 9.93.